The Hall–Kier alpha value is -2.22. The molecule has 1 aliphatic heterocycles. The van der Waals surface area contributed by atoms with E-state index in [9.17, 15) is 9.59 Å². The molecule has 0 unspecified atom stereocenters. The number of amides is 1. The Kier molecular flexibility index (Phi) is 3.69. The van der Waals surface area contributed by atoms with Gasteiger partial charge in [0.15, 0.2) is 5.13 Å². The van der Waals surface area contributed by atoms with Crippen LogP contribution in [0.1, 0.15) is 27.6 Å². The predicted octanol–water partition coefficient (Wildman–Crippen LogP) is 0.368. The van der Waals surface area contributed by atoms with Gasteiger partial charge < -0.3 is 10.6 Å². The molecule has 0 radical (unpaired) electrons. The Morgan fingerprint density at radius 1 is 1.32 bits per heavy atom. The minimum Gasteiger partial charge on any atom is -0.375 e. The van der Waals surface area contributed by atoms with E-state index in [1.165, 1.54) is 11.3 Å². The van der Waals surface area contributed by atoms with Crippen LogP contribution < -0.4 is 11.3 Å². The quantitative estimate of drug-likeness (QED) is 0.819. The highest BCUT2D eigenvalue weighted by Gasteiger charge is 2.24. The molecule has 0 fully saturated rings. The van der Waals surface area contributed by atoms with Crippen molar-refractivity contribution in [2.75, 3.05) is 18.8 Å². The zero-order chi connectivity index (χ0) is 15.9. The fourth-order valence-corrected chi connectivity index (χ4v) is 3.16. The molecule has 0 saturated carbocycles. The highest BCUT2D eigenvalue weighted by atomic mass is 32.1. The van der Waals surface area contributed by atoms with Gasteiger partial charge in [-0.2, -0.15) is 0 Å². The Labute approximate surface area is 131 Å². The SMILES string of the molecule is Cc1nc2c(c(=O)n1C)CCN(C(=O)c1csc(N)n1)CC2. The van der Waals surface area contributed by atoms with E-state index in [0.717, 1.165) is 5.69 Å². The van der Waals surface area contributed by atoms with Crippen LogP contribution in [0, 0.1) is 6.92 Å². The number of nitrogens with zero attached hydrogens (tertiary/aromatic N) is 4. The lowest BCUT2D eigenvalue weighted by atomic mass is 10.1. The maximum Gasteiger partial charge on any atom is 0.273 e. The smallest absolute Gasteiger partial charge is 0.273 e. The fraction of sp³-hybridized carbons (Fsp3) is 0.429. The third-order valence-electron chi connectivity index (χ3n) is 3.97. The first-order chi connectivity index (χ1) is 10.5. The lowest BCUT2D eigenvalue weighted by Gasteiger charge is -2.18. The van der Waals surface area contributed by atoms with Gasteiger partial charge in [-0.1, -0.05) is 0 Å². The number of aromatic nitrogens is 3. The number of rotatable bonds is 1. The first-order valence-corrected chi connectivity index (χ1v) is 7.91. The highest BCUT2D eigenvalue weighted by molar-refractivity contribution is 7.13. The molecule has 1 aliphatic rings. The zero-order valence-corrected chi connectivity index (χ0v) is 13.3. The molecule has 2 N–H and O–H groups in total. The van der Waals surface area contributed by atoms with Crippen LogP contribution in [0.3, 0.4) is 0 Å². The molecule has 0 aromatic carbocycles. The van der Waals surface area contributed by atoms with E-state index in [0.29, 0.717) is 48.1 Å². The van der Waals surface area contributed by atoms with E-state index in [2.05, 4.69) is 9.97 Å². The van der Waals surface area contributed by atoms with E-state index in [1.54, 1.807) is 21.9 Å². The van der Waals surface area contributed by atoms with E-state index in [4.69, 9.17) is 5.73 Å². The first kappa shape index (κ1) is 14.7. The van der Waals surface area contributed by atoms with Crippen LogP contribution in [0.5, 0.6) is 0 Å². The molecule has 0 aliphatic carbocycles. The van der Waals surface area contributed by atoms with Crippen LogP contribution in [-0.4, -0.2) is 38.4 Å². The van der Waals surface area contributed by atoms with Crippen LogP contribution in [0.15, 0.2) is 10.2 Å². The number of fused-ring (bicyclic) bond motifs is 1. The molecule has 8 heteroatoms. The minimum atomic E-state index is -0.144. The van der Waals surface area contributed by atoms with Gasteiger partial charge in [0.05, 0.1) is 5.69 Å². The van der Waals surface area contributed by atoms with Gasteiger partial charge in [0.25, 0.3) is 11.5 Å². The third kappa shape index (κ3) is 2.50. The number of hydrogen-bond acceptors (Lipinski definition) is 6. The van der Waals surface area contributed by atoms with Gasteiger partial charge in [-0.15, -0.1) is 11.3 Å². The molecule has 116 valence electrons. The molecule has 0 spiro atoms. The number of carbonyl (C=O) groups excluding carboxylic acids is 1. The highest BCUT2D eigenvalue weighted by Crippen LogP contribution is 2.16. The Balaban J connectivity index is 1.86. The summed E-state index contributed by atoms with van der Waals surface area (Å²) in [6, 6.07) is 0. The van der Waals surface area contributed by atoms with Gasteiger partial charge in [0, 0.05) is 37.5 Å². The molecule has 0 atom stereocenters. The second-order valence-electron chi connectivity index (χ2n) is 5.31. The van der Waals surface area contributed by atoms with Crippen molar-refractivity contribution in [3.05, 3.63) is 38.5 Å². The third-order valence-corrected chi connectivity index (χ3v) is 4.65. The van der Waals surface area contributed by atoms with Gasteiger partial charge in [-0.3, -0.25) is 14.2 Å². The molecule has 7 nitrogen and oxygen atoms in total. The Morgan fingerprint density at radius 2 is 2.05 bits per heavy atom. The lowest BCUT2D eigenvalue weighted by Crippen LogP contribution is -2.33. The standard InChI is InChI=1S/C14H17N5O2S/c1-8-16-10-4-6-19(5-3-9(10)12(20)18(8)2)13(21)11-7-22-14(15)17-11/h7H,3-6H2,1-2H3,(H2,15,17). The molecular formula is C14H17N5O2S. The van der Waals surface area contributed by atoms with Gasteiger partial charge >= 0.3 is 0 Å². The summed E-state index contributed by atoms with van der Waals surface area (Å²) in [6.07, 6.45) is 1.10. The van der Waals surface area contributed by atoms with Crippen LogP contribution in [-0.2, 0) is 19.9 Å². The largest absolute Gasteiger partial charge is 0.375 e. The Morgan fingerprint density at radius 3 is 2.73 bits per heavy atom. The summed E-state index contributed by atoms with van der Waals surface area (Å²) in [5.74, 6) is 0.546. The van der Waals surface area contributed by atoms with Crippen LogP contribution in [0.4, 0.5) is 5.13 Å². The topological polar surface area (TPSA) is 94.1 Å². The molecule has 3 heterocycles. The Bertz CT molecular complexity index is 795. The van der Waals surface area contributed by atoms with Crippen LogP contribution >= 0.6 is 11.3 Å². The van der Waals surface area contributed by atoms with E-state index in [-0.39, 0.29) is 11.5 Å². The number of anilines is 1. The summed E-state index contributed by atoms with van der Waals surface area (Å²) >= 11 is 1.25. The molecule has 0 saturated heterocycles. The van der Waals surface area contributed by atoms with Crippen molar-refractivity contribution >= 4 is 22.4 Å². The van der Waals surface area contributed by atoms with E-state index >= 15 is 0 Å². The van der Waals surface area contributed by atoms with Gasteiger partial charge in [0.2, 0.25) is 0 Å². The number of aryl methyl sites for hydroxylation is 1. The number of nitrogens with two attached hydrogens (primary N) is 1. The van der Waals surface area contributed by atoms with Crippen LogP contribution in [0.2, 0.25) is 0 Å². The van der Waals surface area contributed by atoms with Crippen LogP contribution in [0.25, 0.3) is 0 Å². The van der Waals surface area contributed by atoms with Crippen molar-refractivity contribution in [3.8, 4) is 0 Å². The number of nitrogen functional groups attached to an aromatic ring is 1. The maximum atomic E-state index is 12.4. The maximum absolute atomic E-state index is 12.4. The van der Waals surface area contributed by atoms with Crippen molar-refractivity contribution in [2.45, 2.75) is 19.8 Å². The molecule has 2 aromatic heterocycles. The number of hydrogen-bond donors (Lipinski definition) is 1. The monoisotopic (exact) mass is 319 g/mol. The van der Waals surface area contributed by atoms with Crippen molar-refractivity contribution in [2.24, 2.45) is 7.05 Å². The van der Waals surface area contributed by atoms with Crippen molar-refractivity contribution in [3.63, 3.8) is 0 Å². The van der Waals surface area contributed by atoms with Crippen molar-refractivity contribution < 1.29 is 4.79 Å². The summed E-state index contributed by atoms with van der Waals surface area (Å²) < 4.78 is 1.55. The average Bonchev–Trinajstić information content (AvgIpc) is 2.81. The normalized spacial score (nSPS) is 14.5. The molecule has 0 bridgehead atoms. The predicted molar refractivity (Wildman–Crippen MR) is 84.1 cm³/mol. The number of carbonyl (C=O) groups is 1. The van der Waals surface area contributed by atoms with Crippen molar-refractivity contribution in [1.82, 2.24) is 19.4 Å². The van der Waals surface area contributed by atoms with Gasteiger partial charge in [-0.25, -0.2) is 9.97 Å². The molecule has 1 amide bonds. The zero-order valence-electron chi connectivity index (χ0n) is 12.5. The summed E-state index contributed by atoms with van der Waals surface area (Å²) in [7, 11) is 1.72. The molecule has 22 heavy (non-hydrogen) atoms. The second-order valence-corrected chi connectivity index (χ2v) is 6.20. The summed E-state index contributed by atoms with van der Waals surface area (Å²) in [4.78, 5) is 35.0. The second kappa shape index (κ2) is 5.53. The number of thiazole rings is 1. The molecule has 2 aromatic rings. The molecular weight excluding hydrogens is 302 g/mol. The van der Waals surface area contributed by atoms with Gasteiger partial charge in [0.1, 0.15) is 11.5 Å². The average molecular weight is 319 g/mol. The summed E-state index contributed by atoms with van der Waals surface area (Å²) in [5, 5.41) is 2.05. The summed E-state index contributed by atoms with van der Waals surface area (Å²) in [5.41, 5.74) is 7.44. The van der Waals surface area contributed by atoms with Gasteiger partial charge in [-0.05, 0) is 13.3 Å². The summed E-state index contributed by atoms with van der Waals surface area (Å²) in [6.45, 7) is 2.83. The minimum absolute atomic E-state index is 0.0188. The lowest BCUT2D eigenvalue weighted by molar-refractivity contribution is 0.0758. The molecule has 3 rings (SSSR count). The van der Waals surface area contributed by atoms with E-state index in [1.807, 2.05) is 6.92 Å². The fourth-order valence-electron chi connectivity index (χ4n) is 2.62. The van der Waals surface area contributed by atoms with Crippen molar-refractivity contribution in [1.29, 1.82) is 0 Å². The van der Waals surface area contributed by atoms with E-state index < -0.39 is 0 Å². The first-order valence-electron chi connectivity index (χ1n) is 7.03.